The SMILES string of the molecule is CCC[CH2][Sn](/[CH]=C/C(O)CC(C)C)([CH2]CCC)[CH2]CCC. The fourth-order valence-corrected chi connectivity index (χ4v) is 17.5. The van der Waals surface area contributed by atoms with E-state index in [1.807, 2.05) is 0 Å². The fraction of sp³-hybridized carbons (Fsp3) is 0.895. The van der Waals surface area contributed by atoms with Gasteiger partial charge in [0, 0.05) is 0 Å². The number of aliphatic hydroxyl groups is 1. The van der Waals surface area contributed by atoms with Gasteiger partial charge in [-0.25, -0.2) is 0 Å². The Morgan fingerprint density at radius 2 is 1.29 bits per heavy atom. The van der Waals surface area contributed by atoms with Gasteiger partial charge in [0.2, 0.25) is 0 Å². The molecule has 0 aliphatic heterocycles. The molecule has 21 heavy (non-hydrogen) atoms. The third-order valence-corrected chi connectivity index (χ3v) is 18.6. The average Bonchev–Trinajstić information content (AvgIpc) is 2.45. The molecule has 0 aromatic rings. The zero-order valence-corrected chi connectivity index (χ0v) is 18.2. The van der Waals surface area contributed by atoms with Gasteiger partial charge in [-0.3, -0.25) is 0 Å². The van der Waals surface area contributed by atoms with Crippen LogP contribution in [-0.4, -0.2) is 29.6 Å². The molecule has 0 saturated heterocycles. The van der Waals surface area contributed by atoms with Crippen molar-refractivity contribution in [3.05, 3.63) is 10.2 Å². The molecule has 0 fully saturated rings. The van der Waals surface area contributed by atoms with Crippen molar-refractivity contribution < 1.29 is 5.11 Å². The molecule has 0 heterocycles. The van der Waals surface area contributed by atoms with Crippen LogP contribution in [0.3, 0.4) is 0 Å². The summed E-state index contributed by atoms with van der Waals surface area (Å²) in [6.45, 7) is 11.3. The van der Waals surface area contributed by atoms with Crippen LogP contribution < -0.4 is 0 Å². The van der Waals surface area contributed by atoms with E-state index in [4.69, 9.17) is 0 Å². The minimum absolute atomic E-state index is 0.217. The van der Waals surface area contributed by atoms with Gasteiger partial charge in [0.1, 0.15) is 0 Å². The van der Waals surface area contributed by atoms with Crippen LogP contribution in [0.1, 0.15) is 79.6 Å². The van der Waals surface area contributed by atoms with E-state index in [2.05, 4.69) is 44.8 Å². The van der Waals surface area contributed by atoms with Crippen LogP contribution in [-0.2, 0) is 0 Å². The summed E-state index contributed by atoms with van der Waals surface area (Å²) < 4.78 is 7.09. The summed E-state index contributed by atoms with van der Waals surface area (Å²) in [6.07, 6.45) is 11.0. The van der Waals surface area contributed by atoms with Gasteiger partial charge in [-0.15, -0.1) is 0 Å². The number of hydrogen-bond acceptors (Lipinski definition) is 1. The Labute approximate surface area is 138 Å². The molecule has 1 nitrogen and oxygen atoms in total. The van der Waals surface area contributed by atoms with Crippen LogP contribution in [0.4, 0.5) is 0 Å². The monoisotopic (exact) mass is 404 g/mol. The molecule has 2 heteroatoms. The second kappa shape index (κ2) is 13.0. The van der Waals surface area contributed by atoms with E-state index in [9.17, 15) is 5.11 Å². The maximum atomic E-state index is 10.2. The number of unbranched alkanes of at least 4 members (excludes halogenated alkanes) is 3. The molecule has 0 aromatic heterocycles. The van der Waals surface area contributed by atoms with Crippen molar-refractivity contribution in [3.63, 3.8) is 0 Å². The zero-order chi connectivity index (χ0) is 16.1. The second-order valence-electron chi connectivity index (χ2n) is 7.23. The van der Waals surface area contributed by atoms with Crippen molar-refractivity contribution >= 4 is 18.4 Å². The van der Waals surface area contributed by atoms with Crippen molar-refractivity contribution in [2.24, 2.45) is 5.92 Å². The number of rotatable bonds is 13. The van der Waals surface area contributed by atoms with E-state index in [0.29, 0.717) is 5.92 Å². The maximum absolute atomic E-state index is 10.2. The number of hydrogen-bond donors (Lipinski definition) is 1. The van der Waals surface area contributed by atoms with Crippen LogP contribution in [0, 0.1) is 5.92 Å². The van der Waals surface area contributed by atoms with Crippen molar-refractivity contribution in [1.82, 2.24) is 0 Å². The zero-order valence-electron chi connectivity index (χ0n) is 15.3. The van der Waals surface area contributed by atoms with Crippen LogP contribution in [0.25, 0.3) is 0 Å². The Morgan fingerprint density at radius 3 is 1.62 bits per heavy atom. The Kier molecular flexibility index (Phi) is 13.3. The molecule has 0 rings (SSSR count). The van der Waals surface area contributed by atoms with Crippen molar-refractivity contribution in [2.45, 2.75) is 99.0 Å². The Morgan fingerprint density at radius 1 is 0.857 bits per heavy atom. The van der Waals surface area contributed by atoms with E-state index in [1.54, 1.807) is 0 Å². The van der Waals surface area contributed by atoms with Crippen molar-refractivity contribution in [2.75, 3.05) is 0 Å². The van der Waals surface area contributed by atoms with Crippen LogP contribution in [0.5, 0.6) is 0 Å². The summed E-state index contributed by atoms with van der Waals surface area (Å²) in [6, 6.07) is 0. The molecule has 0 bridgehead atoms. The summed E-state index contributed by atoms with van der Waals surface area (Å²) in [7, 11) is 0. The second-order valence-corrected chi connectivity index (χ2v) is 20.2. The molecule has 0 aliphatic carbocycles. The molecule has 0 aromatic carbocycles. The standard InChI is InChI=1S/C7H13O.3C4H9.Sn/c1-4-7(8)5-6(2)3;3*1-3-4-2;/h1,4,6-8H,5H2,2-3H3;3*1,3-4H2,2H3;. The molecule has 0 aliphatic rings. The molecule has 1 atom stereocenters. The van der Waals surface area contributed by atoms with Crippen molar-refractivity contribution in [1.29, 1.82) is 0 Å². The minimum atomic E-state index is -2.16. The van der Waals surface area contributed by atoms with Crippen molar-refractivity contribution in [3.8, 4) is 0 Å². The Balaban J connectivity index is 4.87. The fourth-order valence-electron chi connectivity index (χ4n) is 3.09. The van der Waals surface area contributed by atoms with Crippen LogP contribution in [0.2, 0.25) is 13.3 Å². The third-order valence-electron chi connectivity index (χ3n) is 4.47. The van der Waals surface area contributed by atoms with E-state index in [-0.39, 0.29) is 6.10 Å². The van der Waals surface area contributed by atoms with E-state index >= 15 is 0 Å². The summed E-state index contributed by atoms with van der Waals surface area (Å²) >= 11 is -2.16. The molecule has 0 spiro atoms. The normalized spacial score (nSPS) is 14.2. The first-order valence-electron chi connectivity index (χ1n) is 9.37. The predicted molar refractivity (Wildman–Crippen MR) is 99.5 cm³/mol. The van der Waals surface area contributed by atoms with Gasteiger partial charge in [-0.2, -0.15) is 0 Å². The van der Waals surface area contributed by atoms with E-state index < -0.39 is 18.4 Å². The first-order chi connectivity index (χ1) is 9.99. The molecule has 1 unspecified atom stereocenters. The Bertz CT molecular complexity index is 239. The van der Waals surface area contributed by atoms with Gasteiger partial charge in [0.15, 0.2) is 0 Å². The summed E-state index contributed by atoms with van der Waals surface area (Å²) in [5.74, 6) is 0.580. The van der Waals surface area contributed by atoms with Gasteiger partial charge in [0.05, 0.1) is 0 Å². The predicted octanol–water partition coefficient (Wildman–Crippen LogP) is 6.34. The van der Waals surface area contributed by atoms with Gasteiger partial charge in [-0.05, 0) is 0 Å². The summed E-state index contributed by atoms with van der Waals surface area (Å²) in [4.78, 5) is 0. The molecule has 1 N–H and O–H groups in total. The summed E-state index contributed by atoms with van der Waals surface area (Å²) in [5.41, 5.74) is 0. The number of aliphatic hydroxyl groups excluding tert-OH is 1. The topological polar surface area (TPSA) is 20.2 Å². The first-order valence-corrected chi connectivity index (χ1v) is 17.1. The van der Waals surface area contributed by atoms with Gasteiger partial charge in [0.25, 0.3) is 0 Å². The average molecular weight is 403 g/mol. The molecule has 0 radical (unpaired) electrons. The quantitative estimate of drug-likeness (QED) is 0.356. The third kappa shape index (κ3) is 10.8. The van der Waals surface area contributed by atoms with E-state index in [1.165, 1.54) is 51.8 Å². The van der Waals surface area contributed by atoms with Crippen LogP contribution in [0.15, 0.2) is 10.2 Å². The van der Waals surface area contributed by atoms with E-state index in [0.717, 1.165) is 6.42 Å². The molecule has 0 saturated carbocycles. The summed E-state index contributed by atoms with van der Waals surface area (Å²) in [5, 5.41) is 10.2. The first kappa shape index (κ1) is 21.5. The molecule has 0 amide bonds. The molecular weight excluding hydrogens is 363 g/mol. The van der Waals surface area contributed by atoms with Crippen LogP contribution >= 0.6 is 0 Å². The van der Waals surface area contributed by atoms with Gasteiger partial charge < -0.3 is 0 Å². The van der Waals surface area contributed by atoms with Gasteiger partial charge in [-0.1, -0.05) is 0 Å². The Hall–Kier alpha value is 0.499. The molecular formula is C19H40OSn. The molecule has 126 valence electrons. The van der Waals surface area contributed by atoms with Gasteiger partial charge >= 0.3 is 139 Å².